The van der Waals surface area contributed by atoms with Crippen LogP contribution in [0, 0.1) is 10.1 Å². The number of thiocarbonyl (C=S) groups is 1. The number of nitrogens with two attached hydrogens (primary N) is 1. The Morgan fingerprint density at radius 3 is 2.87 bits per heavy atom. The lowest BCUT2D eigenvalue weighted by Crippen LogP contribution is -2.50. The lowest BCUT2D eigenvalue weighted by atomic mass is 9.95. The van der Waals surface area contributed by atoms with Crippen LogP contribution < -0.4 is 11.2 Å². The van der Waals surface area contributed by atoms with Crippen molar-refractivity contribution in [2.45, 2.75) is 19.9 Å². The molecule has 0 spiro atoms. The highest BCUT2D eigenvalue weighted by molar-refractivity contribution is 7.80. The number of ether oxygens (including phenoxy) is 1. The van der Waals surface area contributed by atoms with Crippen molar-refractivity contribution in [1.29, 1.82) is 0 Å². The van der Waals surface area contributed by atoms with Crippen molar-refractivity contribution in [3.05, 3.63) is 51.2 Å². The van der Waals surface area contributed by atoms with E-state index in [-0.39, 0.29) is 23.0 Å². The van der Waals surface area contributed by atoms with Crippen LogP contribution in [0.2, 0.25) is 0 Å². The molecule has 1 atom stereocenters. The number of esters is 1. The molecule has 8 nitrogen and oxygen atoms in total. The third-order valence-electron chi connectivity index (χ3n) is 3.44. The van der Waals surface area contributed by atoms with Crippen molar-refractivity contribution in [3.63, 3.8) is 0 Å². The Morgan fingerprint density at radius 2 is 2.26 bits per heavy atom. The maximum atomic E-state index is 12.3. The van der Waals surface area contributed by atoms with Crippen molar-refractivity contribution >= 4 is 29.0 Å². The van der Waals surface area contributed by atoms with Crippen LogP contribution >= 0.6 is 12.2 Å². The molecular weight excluding hydrogens is 320 g/mol. The van der Waals surface area contributed by atoms with Crippen LogP contribution in [0.5, 0.6) is 0 Å². The third-order valence-corrected chi connectivity index (χ3v) is 3.75. The SMILES string of the molecule is CCOC(=O)C1=C(C)N(N)C(=S)N[C@H]1c1cccc([N+](=O)[O-])c1. The predicted octanol–water partition coefficient (Wildman–Crippen LogP) is 1.54. The summed E-state index contributed by atoms with van der Waals surface area (Å²) >= 11 is 5.14. The molecule has 2 rings (SSSR count). The minimum Gasteiger partial charge on any atom is -0.463 e. The zero-order valence-electron chi connectivity index (χ0n) is 12.6. The number of nitro groups is 1. The van der Waals surface area contributed by atoms with E-state index in [4.69, 9.17) is 22.8 Å². The molecule has 1 aromatic carbocycles. The van der Waals surface area contributed by atoms with Gasteiger partial charge in [-0.2, -0.15) is 0 Å². The molecule has 1 aliphatic rings. The normalized spacial score (nSPS) is 17.8. The fourth-order valence-electron chi connectivity index (χ4n) is 2.30. The minimum absolute atomic E-state index is 0.0775. The highest BCUT2D eigenvalue weighted by Gasteiger charge is 2.34. The monoisotopic (exact) mass is 336 g/mol. The smallest absolute Gasteiger partial charge is 0.338 e. The summed E-state index contributed by atoms with van der Waals surface area (Å²) in [5.41, 5.74) is 1.15. The van der Waals surface area contributed by atoms with E-state index in [1.807, 2.05) is 0 Å². The van der Waals surface area contributed by atoms with E-state index >= 15 is 0 Å². The molecule has 0 amide bonds. The quantitative estimate of drug-likeness (QED) is 0.280. The minimum atomic E-state index is -0.666. The number of carbonyl (C=O) groups is 1. The molecule has 0 saturated carbocycles. The molecule has 0 aliphatic carbocycles. The van der Waals surface area contributed by atoms with Crippen molar-refractivity contribution in [2.24, 2.45) is 5.84 Å². The number of hydrazine groups is 1. The Bertz CT molecular complexity index is 704. The summed E-state index contributed by atoms with van der Waals surface area (Å²) in [6.07, 6.45) is 0. The number of rotatable bonds is 4. The standard InChI is InChI=1S/C14H16N4O4S/c1-3-22-13(19)11-8(2)17(15)14(23)16-12(11)9-5-4-6-10(7-9)18(20)21/h4-7,12H,3,15H2,1-2H3,(H,16,23)/t12-/m0/s1. The fraction of sp³-hybridized carbons (Fsp3) is 0.286. The predicted molar refractivity (Wildman–Crippen MR) is 86.9 cm³/mol. The summed E-state index contributed by atoms with van der Waals surface area (Å²) < 4.78 is 5.07. The highest BCUT2D eigenvalue weighted by atomic mass is 32.1. The van der Waals surface area contributed by atoms with Gasteiger partial charge >= 0.3 is 5.97 Å². The van der Waals surface area contributed by atoms with E-state index in [9.17, 15) is 14.9 Å². The number of nitro benzene ring substituents is 1. The molecule has 3 N–H and O–H groups in total. The van der Waals surface area contributed by atoms with Gasteiger partial charge in [-0.3, -0.25) is 15.1 Å². The first-order chi connectivity index (χ1) is 10.9. The van der Waals surface area contributed by atoms with Gasteiger partial charge in [0, 0.05) is 17.8 Å². The van der Waals surface area contributed by atoms with Crippen LogP contribution in [-0.4, -0.2) is 27.6 Å². The number of benzene rings is 1. The third kappa shape index (κ3) is 3.30. The van der Waals surface area contributed by atoms with Gasteiger partial charge in [0.15, 0.2) is 5.11 Å². The van der Waals surface area contributed by atoms with Crippen LogP contribution in [0.1, 0.15) is 25.5 Å². The molecule has 0 aromatic heterocycles. The molecule has 1 aliphatic heterocycles. The fourth-order valence-corrected chi connectivity index (χ4v) is 2.55. The molecule has 23 heavy (non-hydrogen) atoms. The van der Waals surface area contributed by atoms with Gasteiger partial charge in [-0.25, -0.2) is 10.6 Å². The van der Waals surface area contributed by atoms with Gasteiger partial charge in [0.05, 0.1) is 23.1 Å². The number of allylic oxidation sites excluding steroid dienone is 1. The first-order valence-corrected chi connectivity index (χ1v) is 7.25. The number of nitrogens with zero attached hydrogens (tertiary/aromatic N) is 2. The Labute approximate surface area is 138 Å². The molecule has 0 unspecified atom stereocenters. The topological polar surface area (TPSA) is 111 Å². The van der Waals surface area contributed by atoms with Crippen molar-refractivity contribution in [3.8, 4) is 0 Å². The van der Waals surface area contributed by atoms with Gasteiger partial charge in [0.2, 0.25) is 0 Å². The van der Waals surface area contributed by atoms with E-state index in [0.717, 1.165) is 0 Å². The molecule has 122 valence electrons. The molecule has 1 aromatic rings. The molecule has 0 bridgehead atoms. The number of non-ortho nitro benzene ring substituents is 1. The summed E-state index contributed by atoms with van der Waals surface area (Å²) in [6, 6.07) is 5.32. The number of nitrogens with one attached hydrogen (secondary N) is 1. The summed E-state index contributed by atoms with van der Waals surface area (Å²) in [5, 5.41) is 15.3. The number of hydrogen-bond acceptors (Lipinski definition) is 6. The van der Waals surface area contributed by atoms with Crippen molar-refractivity contribution < 1.29 is 14.5 Å². The van der Waals surface area contributed by atoms with Crippen LogP contribution in [0.4, 0.5) is 5.69 Å². The van der Waals surface area contributed by atoms with E-state index in [0.29, 0.717) is 11.3 Å². The van der Waals surface area contributed by atoms with Gasteiger partial charge in [-0.15, -0.1) is 0 Å². The van der Waals surface area contributed by atoms with Gasteiger partial charge in [-0.1, -0.05) is 12.1 Å². The van der Waals surface area contributed by atoms with Crippen LogP contribution in [-0.2, 0) is 9.53 Å². The second kappa shape index (κ2) is 6.71. The lowest BCUT2D eigenvalue weighted by molar-refractivity contribution is -0.384. The first kappa shape index (κ1) is 16.8. The molecule has 0 fully saturated rings. The highest BCUT2D eigenvalue weighted by Crippen LogP contribution is 2.31. The van der Waals surface area contributed by atoms with Crippen molar-refractivity contribution in [2.75, 3.05) is 6.61 Å². The van der Waals surface area contributed by atoms with E-state index < -0.39 is 16.9 Å². The maximum Gasteiger partial charge on any atom is 0.338 e. The number of hydrogen-bond donors (Lipinski definition) is 2. The summed E-state index contributed by atoms with van der Waals surface area (Å²) in [7, 11) is 0. The van der Waals surface area contributed by atoms with Crippen molar-refractivity contribution in [1.82, 2.24) is 10.3 Å². The van der Waals surface area contributed by atoms with E-state index in [1.54, 1.807) is 26.0 Å². The molecule has 0 radical (unpaired) electrons. The van der Waals surface area contributed by atoms with Gasteiger partial charge in [-0.05, 0) is 31.6 Å². The Hall–Kier alpha value is -2.52. The Kier molecular flexibility index (Phi) is 4.92. The summed E-state index contributed by atoms with van der Waals surface area (Å²) in [5.74, 6) is 5.27. The van der Waals surface area contributed by atoms with Gasteiger partial charge < -0.3 is 10.1 Å². The molecule has 9 heteroatoms. The summed E-state index contributed by atoms with van der Waals surface area (Å²) in [4.78, 5) is 22.7. The number of carbonyl (C=O) groups excluding carboxylic acids is 1. The van der Waals surface area contributed by atoms with E-state index in [2.05, 4.69) is 5.32 Å². The van der Waals surface area contributed by atoms with Crippen LogP contribution in [0.3, 0.4) is 0 Å². The lowest BCUT2D eigenvalue weighted by Gasteiger charge is -2.34. The largest absolute Gasteiger partial charge is 0.463 e. The Morgan fingerprint density at radius 1 is 1.57 bits per heavy atom. The zero-order valence-corrected chi connectivity index (χ0v) is 13.4. The second-order valence-electron chi connectivity index (χ2n) is 4.82. The average molecular weight is 336 g/mol. The molecule has 1 heterocycles. The molecular formula is C14H16N4O4S. The second-order valence-corrected chi connectivity index (χ2v) is 5.21. The van der Waals surface area contributed by atoms with Crippen LogP contribution in [0.15, 0.2) is 35.5 Å². The Balaban J connectivity index is 2.53. The zero-order chi connectivity index (χ0) is 17.1. The van der Waals surface area contributed by atoms with E-state index in [1.165, 1.54) is 17.1 Å². The van der Waals surface area contributed by atoms with Gasteiger partial charge in [0.1, 0.15) is 0 Å². The first-order valence-electron chi connectivity index (χ1n) is 6.84. The maximum absolute atomic E-state index is 12.3. The van der Waals surface area contributed by atoms with Crippen LogP contribution in [0.25, 0.3) is 0 Å². The van der Waals surface area contributed by atoms with Gasteiger partial charge in [0.25, 0.3) is 5.69 Å². The average Bonchev–Trinajstić information content (AvgIpc) is 2.52. The molecule has 0 saturated heterocycles. The summed E-state index contributed by atoms with van der Waals surface area (Å²) in [6.45, 7) is 3.54.